The van der Waals surface area contributed by atoms with E-state index in [-0.39, 0.29) is 67.1 Å². The van der Waals surface area contributed by atoms with Crippen LogP contribution in [0.4, 0.5) is 0 Å². The first-order valence-electron chi connectivity index (χ1n) is 14.5. The van der Waals surface area contributed by atoms with E-state index in [1.807, 2.05) is 6.07 Å². The van der Waals surface area contributed by atoms with Gasteiger partial charge >= 0.3 is 5.97 Å². The molecule has 11 heteroatoms. The van der Waals surface area contributed by atoms with Gasteiger partial charge in [0, 0.05) is 29.5 Å². The zero-order valence-corrected chi connectivity index (χ0v) is 24.1. The number of aliphatic hydroxyl groups is 1. The molecule has 0 saturated carbocycles. The number of nitrogens with two attached hydrogens (primary N) is 1. The van der Waals surface area contributed by atoms with E-state index in [4.69, 9.17) is 15.5 Å². The number of carbonyl (C=O) groups is 3. The standard InChI is InChI=1S/C31H35N5O6/c1-4-31(41)20-11-23-28-18(13-36(23)29(39)19(20)14-42-30(31)40)27-21(34-24(37)6-5-9-33-25(38)12-32)8-7-17-16(3)15(2)10-22(35-28)26(17)27/h10-11,21,41H,4-9,12-14,32H2,1-3H3,(H,33,38)(H,34,37)/t21-,31-/m0/s1. The highest BCUT2D eigenvalue weighted by molar-refractivity contribution is 5.94. The van der Waals surface area contributed by atoms with Crippen molar-refractivity contribution in [2.75, 3.05) is 13.1 Å². The summed E-state index contributed by atoms with van der Waals surface area (Å²) in [5, 5.41) is 18.2. The first-order chi connectivity index (χ1) is 20.1. The third kappa shape index (κ3) is 4.21. The minimum Gasteiger partial charge on any atom is -0.458 e. The minimum absolute atomic E-state index is 0.0663. The first-order valence-corrected chi connectivity index (χ1v) is 14.5. The third-order valence-corrected chi connectivity index (χ3v) is 9.12. The van der Waals surface area contributed by atoms with Crippen LogP contribution in [0.15, 0.2) is 16.9 Å². The van der Waals surface area contributed by atoms with Crippen LogP contribution in [0.25, 0.3) is 22.3 Å². The molecule has 1 aliphatic carbocycles. The highest BCUT2D eigenvalue weighted by Crippen LogP contribution is 2.46. The van der Waals surface area contributed by atoms with Gasteiger partial charge in [-0.2, -0.15) is 0 Å². The summed E-state index contributed by atoms with van der Waals surface area (Å²) in [6, 6.07) is 3.47. The fraction of sp³-hybridized carbons (Fsp3) is 0.452. The Morgan fingerprint density at radius 1 is 1.19 bits per heavy atom. The van der Waals surface area contributed by atoms with E-state index in [0.29, 0.717) is 30.8 Å². The van der Waals surface area contributed by atoms with Gasteiger partial charge in [0.05, 0.1) is 41.6 Å². The lowest BCUT2D eigenvalue weighted by molar-refractivity contribution is -0.172. The number of ether oxygens (including phenoxy) is 1. The lowest BCUT2D eigenvalue weighted by Crippen LogP contribution is -2.44. The van der Waals surface area contributed by atoms with E-state index in [0.717, 1.165) is 34.0 Å². The Hall–Kier alpha value is -4.09. The molecule has 0 saturated heterocycles. The van der Waals surface area contributed by atoms with E-state index in [1.54, 1.807) is 17.6 Å². The highest BCUT2D eigenvalue weighted by Gasteiger charge is 2.46. The number of cyclic esters (lactones) is 1. The van der Waals surface area contributed by atoms with Crippen molar-refractivity contribution in [3.63, 3.8) is 0 Å². The Labute approximate surface area is 242 Å². The van der Waals surface area contributed by atoms with Gasteiger partial charge in [-0.25, -0.2) is 9.78 Å². The maximum Gasteiger partial charge on any atom is 0.343 e. The number of benzene rings is 1. The van der Waals surface area contributed by atoms with Crippen LogP contribution in [0.1, 0.15) is 77.6 Å². The number of aromatic nitrogens is 2. The van der Waals surface area contributed by atoms with Crippen LogP contribution < -0.4 is 21.9 Å². The smallest absolute Gasteiger partial charge is 0.343 e. The van der Waals surface area contributed by atoms with Gasteiger partial charge in [-0.15, -0.1) is 0 Å². The monoisotopic (exact) mass is 573 g/mol. The molecule has 11 nitrogen and oxygen atoms in total. The second-order valence-electron chi connectivity index (χ2n) is 11.5. The van der Waals surface area contributed by atoms with Crippen molar-refractivity contribution in [2.24, 2.45) is 5.73 Å². The maximum absolute atomic E-state index is 13.8. The average molecular weight is 574 g/mol. The van der Waals surface area contributed by atoms with E-state index in [2.05, 4.69) is 24.5 Å². The van der Waals surface area contributed by atoms with Crippen molar-refractivity contribution in [1.29, 1.82) is 0 Å². The van der Waals surface area contributed by atoms with Crippen molar-refractivity contribution in [3.05, 3.63) is 61.4 Å². The number of nitrogens with zero attached hydrogens (tertiary/aromatic N) is 2. The molecule has 2 aromatic heterocycles. The SMILES string of the molecule is CC[C@@]1(O)C(=O)OCc2c1cc1n(c2=O)Cc2c-1nc1cc(C)c(C)c3c1c2[C@@H](NC(=O)CCCNC(=O)CN)CC3. The van der Waals surface area contributed by atoms with Gasteiger partial charge in [-0.3, -0.25) is 14.4 Å². The van der Waals surface area contributed by atoms with Crippen molar-refractivity contribution in [3.8, 4) is 11.4 Å². The molecular weight excluding hydrogens is 538 g/mol. The Balaban J connectivity index is 1.45. The molecule has 1 aromatic carbocycles. The number of aryl methyl sites for hydroxylation is 2. The summed E-state index contributed by atoms with van der Waals surface area (Å²) in [6.45, 7) is 6.18. The topological polar surface area (TPSA) is 166 Å². The molecule has 3 aliphatic rings. The van der Waals surface area contributed by atoms with Gasteiger partial charge in [0.25, 0.3) is 5.56 Å². The number of esters is 1. The number of rotatable bonds is 7. The number of hydrogen-bond donors (Lipinski definition) is 4. The van der Waals surface area contributed by atoms with Crippen LogP contribution in [-0.2, 0) is 44.3 Å². The van der Waals surface area contributed by atoms with Crippen molar-refractivity contribution in [1.82, 2.24) is 20.2 Å². The molecular formula is C31H35N5O6. The van der Waals surface area contributed by atoms with Crippen LogP contribution in [0, 0.1) is 13.8 Å². The number of nitrogens with one attached hydrogen (secondary N) is 2. The molecule has 0 bridgehead atoms. The summed E-state index contributed by atoms with van der Waals surface area (Å²) in [5.41, 5.74) is 10.9. The molecule has 2 atom stereocenters. The summed E-state index contributed by atoms with van der Waals surface area (Å²) in [6.07, 6.45) is 2.26. The van der Waals surface area contributed by atoms with Crippen LogP contribution in [0.2, 0.25) is 0 Å². The first kappa shape index (κ1) is 28.0. The van der Waals surface area contributed by atoms with Crippen molar-refractivity contribution < 1.29 is 24.2 Å². The van der Waals surface area contributed by atoms with Gasteiger partial charge in [0.2, 0.25) is 11.8 Å². The number of pyridine rings is 2. The van der Waals surface area contributed by atoms with Gasteiger partial charge in [0.15, 0.2) is 5.60 Å². The Morgan fingerprint density at radius 2 is 1.98 bits per heavy atom. The fourth-order valence-electron chi connectivity index (χ4n) is 6.69. The zero-order chi connectivity index (χ0) is 29.9. The molecule has 2 aliphatic heterocycles. The number of amides is 2. The molecule has 0 unspecified atom stereocenters. The van der Waals surface area contributed by atoms with Gasteiger partial charge in [-0.1, -0.05) is 6.92 Å². The van der Waals surface area contributed by atoms with E-state index in [9.17, 15) is 24.3 Å². The van der Waals surface area contributed by atoms with E-state index < -0.39 is 11.6 Å². The Kier molecular flexibility index (Phi) is 6.89. The summed E-state index contributed by atoms with van der Waals surface area (Å²) in [5.74, 6) is -1.15. The largest absolute Gasteiger partial charge is 0.458 e. The van der Waals surface area contributed by atoms with Gasteiger partial charge < -0.3 is 30.8 Å². The second kappa shape index (κ2) is 10.3. The lowest BCUT2D eigenvalue weighted by atomic mass is 9.80. The molecule has 2 amide bonds. The normalized spacial score (nSPS) is 20.0. The molecule has 0 fully saturated rings. The predicted molar refractivity (Wildman–Crippen MR) is 155 cm³/mol. The van der Waals surface area contributed by atoms with Gasteiger partial charge in [0.1, 0.15) is 6.61 Å². The molecule has 5 N–H and O–H groups in total. The number of carbonyl (C=O) groups excluding carboxylic acids is 3. The van der Waals surface area contributed by atoms with E-state index in [1.165, 1.54) is 11.1 Å². The van der Waals surface area contributed by atoms with Gasteiger partial charge in [-0.05, 0) is 73.9 Å². The molecule has 6 rings (SSSR count). The predicted octanol–water partition coefficient (Wildman–Crippen LogP) is 1.66. The highest BCUT2D eigenvalue weighted by atomic mass is 16.6. The maximum atomic E-state index is 13.8. The average Bonchev–Trinajstić information content (AvgIpc) is 3.35. The molecule has 220 valence electrons. The minimum atomic E-state index is -1.91. The van der Waals surface area contributed by atoms with Crippen LogP contribution >= 0.6 is 0 Å². The number of fused-ring (bicyclic) bond motifs is 5. The van der Waals surface area contributed by atoms with Crippen LogP contribution in [0.3, 0.4) is 0 Å². The van der Waals surface area contributed by atoms with Crippen LogP contribution in [-0.4, -0.2) is 45.5 Å². The van der Waals surface area contributed by atoms with Crippen molar-refractivity contribution in [2.45, 2.75) is 77.7 Å². The molecule has 3 aromatic rings. The Morgan fingerprint density at radius 3 is 2.71 bits per heavy atom. The Bertz CT molecular complexity index is 1740. The summed E-state index contributed by atoms with van der Waals surface area (Å²) < 4.78 is 6.85. The molecule has 4 heterocycles. The molecule has 0 radical (unpaired) electrons. The number of hydrogen-bond acceptors (Lipinski definition) is 8. The quantitative estimate of drug-likeness (QED) is 0.191. The summed E-state index contributed by atoms with van der Waals surface area (Å²) in [4.78, 5) is 55.9. The van der Waals surface area contributed by atoms with Crippen LogP contribution in [0.5, 0.6) is 0 Å². The zero-order valence-electron chi connectivity index (χ0n) is 24.1. The lowest BCUT2D eigenvalue weighted by Gasteiger charge is -2.31. The summed E-state index contributed by atoms with van der Waals surface area (Å²) >= 11 is 0. The molecule has 0 spiro atoms. The summed E-state index contributed by atoms with van der Waals surface area (Å²) in [7, 11) is 0. The van der Waals surface area contributed by atoms with Crippen molar-refractivity contribution >= 4 is 28.7 Å². The van der Waals surface area contributed by atoms with E-state index >= 15 is 0 Å². The fourth-order valence-corrected chi connectivity index (χ4v) is 6.69. The second-order valence-corrected chi connectivity index (χ2v) is 11.5. The molecule has 42 heavy (non-hydrogen) atoms. The third-order valence-electron chi connectivity index (χ3n) is 9.12.